The van der Waals surface area contributed by atoms with Crippen molar-refractivity contribution < 1.29 is 0 Å². The predicted molar refractivity (Wildman–Crippen MR) is 38.7 cm³/mol. The lowest BCUT2D eigenvalue weighted by Crippen LogP contribution is -1.91. The molecule has 0 aromatic rings. The van der Waals surface area contributed by atoms with Crippen LogP contribution in [0.4, 0.5) is 0 Å². The van der Waals surface area contributed by atoms with Crippen LogP contribution in [0.15, 0.2) is 0 Å². The topological polar surface area (TPSA) is 0 Å². The quantitative estimate of drug-likeness (QED) is 0.491. The molecule has 0 saturated heterocycles. The van der Waals surface area contributed by atoms with Crippen molar-refractivity contribution in [2.24, 2.45) is 5.92 Å². The van der Waals surface area contributed by atoms with Crippen LogP contribution in [0, 0.1) is 12.3 Å². The van der Waals surface area contributed by atoms with E-state index >= 15 is 0 Å². The van der Waals surface area contributed by atoms with E-state index in [9.17, 15) is 0 Å². The number of rotatable bonds is 4. The second-order valence-electron chi connectivity index (χ2n) is 2.54. The average molecular weight is 113 g/mol. The highest BCUT2D eigenvalue weighted by molar-refractivity contribution is 4.61. The van der Waals surface area contributed by atoms with Crippen molar-refractivity contribution in [1.82, 2.24) is 0 Å². The van der Waals surface area contributed by atoms with Gasteiger partial charge in [0.15, 0.2) is 0 Å². The molecule has 0 fully saturated rings. The SMILES string of the molecule is C[CH-]CC(C)CCC. The summed E-state index contributed by atoms with van der Waals surface area (Å²) in [7, 11) is 0. The van der Waals surface area contributed by atoms with Crippen LogP contribution in [0.25, 0.3) is 0 Å². The molecular formula is C8H17-. The Bertz CT molecular complexity index is 33.3. The zero-order valence-corrected chi connectivity index (χ0v) is 6.28. The summed E-state index contributed by atoms with van der Waals surface area (Å²) in [5.41, 5.74) is 0. The molecule has 0 rings (SSSR count). The third-order valence-corrected chi connectivity index (χ3v) is 1.42. The summed E-state index contributed by atoms with van der Waals surface area (Å²) in [5, 5.41) is 0. The largest absolute Gasteiger partial charge is 0.331 e. The molecule has 0 aliphatic carbocycles. The molecular weight excluding hydrogens is 96.1 g/mol. The van der Waals surface area contributed by atoms with E-state index in [2.05, 4.69) is 27.2 Å². The van der Waals surface area contributed by atoms with Crippen molar-refractivity contribution in [2.75, 3.05) is 0 Å². The first-order valence-corrected chi connectivity index (χ1v) is 3.59. The monoisotopic (exact) mass is 113 g/mol. The first-order chi connectivity index (χ1) is 3.81. The summed E-state index contributed by atoms with van der Waals surface area (Å²) in [5.74, 6) is 0.907. The molecule has 1 unspecified atom stereocenters. The second kappa shape index (κ2) is 5.14. The molecule has 0 aromatic heterocycles. The molecule has 0 aliphatic rings. The van der Waals surface area contributed by atoms with Gasteiger partial charge < -0.3 is 6.42 Å². The fraction of sp³-hybridized carbons (Fsp3) is 0.875. The van der Waals surface area contributed by atoms with Gasteiger partial charge in [-0.1, -0.05) is 32.6 Å². The van der Waals surface area contributed by atoms with Crippen LogP contribution in [0.3, 0.4) is 0 Å². The summed E-state index contributed by atoms with van der Waals surface area (Å²) in [6, 6.07) is 0. The van der Waals surface area contributed by atoms with Gasteiger partial charge in [-0.3, -0.25) is 0 Å². The Morgan fingerprint density at radius 1 is 1.50 bits per heavy atom. The van der Waals surface area contributed by atoms with Crippen molar-refractivity contribution in [2.45, 2.75) is 40.0 Å². The fourth-order valence-corrected chi connectivity index (χ4v) is 1.01. The molecule has 0 saturated carbocycles. The molecule has 0 aliphatic heterocycles. The predicted octanol–water partition coefficient (Wildman–Crippen LogP) is 3.04. The van der Waals surface area contributed by atoms with Crippen molar-refractivity contribution in [3.8, 4) is 0 Å². The molecule has 0 nitrogen and oxygen atoms in total. The summed E-state index contributed by atoms with van der Waals surface area (Å²) in [6.45, 7) is 6.68. The zero-order valence-electron chi connectivity index (χ0n) is 6.28. The molecule has 0 N–H and O–H groups in total. The molecule has 0 heterocycles. The van der Waals surface area contributed by atoms with Gasteiger partial charge in [-0.2, -0.15) is 13.3 Å². The average Bonchev–Trinajstić information content (AvgIpc) is 1.68. The van der Waals surface area contributed by atoms with E-state index < -0.39 is 0 Å². The Balaban J connectivity index is 2.92. The minimum Gasteiger partial charge on any atom is -0.331 e. The van der Waals surface area contributed by atoms with E-state index in [0.29, 0.717) is 0 Å². The van der Waals surface area contributed by atoms with Crippen LogP contribution in [-0.4, -0.2) is 0 Å². The molecule has 0 bridgehead atoms. The van der Waals surface area contributed by atoms with Gasteiger partial charge in [0.05, 0.1) is 0 Å². The van der Waals surface area contributed by atoms with E-state index in [1.54, 1.807) is 0 Å². The summed E-state index contributed by atoms with van der Waals surface area (Å²) >= 11 is 0. The van der Waals surface area contributed by atoms with Gasteiger partial charge in [-0.15, -0.1) is 0 Å². The molecule has 0 spiro atoms. The standard InChI is InChI=1S/C8H17/c1-4-6-8(3)7-5-2/h4,8H,5-7H2,1-3H3/q-1. The van der Waals surface area contributed by atoms with Gasteiger partial charge in [-0.25, -0.2) is 0 Å². The van der Waals surface area contributed by atoms with Crippen molar-refractivity contribution in [1.29, 1.82) is 0 Å². The molecule has 0 amide bonds. The third kappa shape index (κ3) is 4.17. The summed E-state index contributed by atoms with van der Waals surface area (Å²) < 4.78 is 0. The van der Waals surface area contributed by atoms with Gasteiger partial charge in [0.2, 0.25) is 0 Å². The van der Waals surface area contributed by atoms with Crippen LogP contribution in [0.2, 0.25) is 0 Å². The van der Waals surface area contributed by atoms with Crippen LogP contribution < -0.4 is 0 Å². The lowest BCUT2D eigenvalue weighted by Gasteiger charge is -2.12. The summed E-state index contributed by atoms with van der Waals surface area (Å²) in [6.07, 6.45) is 6.24. The number of hydrogen-bond acceptors (Lipinski definition) is 0. The van der Waals surface area contributed by atoms with E-state index in [1.807, 2.05) is 0 Å². The third-order valence-electron chi connectivity index (χ3n) is 1.42. The highest BCUT2D eigenvalue weighted by Gasteiger charge is 1.90. The van der Waals surface area contributed by atoms with Crippen molar-refractivity contribution in [3.63, 3.8) is 0 Å². The lowest BCUT2D eigenvalue weighted by atomic mass is 10.0. The highest BCUT2D eigenvalue weighted by Crippen LogP contribution is 2.10. The Hall–Kier alpha value is 0. The van der Waals surface area contributed by atoms with E-state index in [1.165, 1.54) is 19.3 Å². The Kier molecular flexibility index (Phi) is 5.14. The molecule has 50 valence electrons. The van der Waals surface area contributed by atoms with Crippen LogP contribution in [0.1, 0.15) is 40.0 Å². The normalized spacial score (nSPS) is 13.9. The molecule has 0 heteroatoms. The summed E-state index contributed by atoms with van der Waals surface area (Å²) in [4.78, 5) is 0. The maximum atomic E-state index is 2.31. The molecule has 0 aromatic carbocycles. The molecule has 1 atom stereocenters. The number of hydrogen-bond donors (Lipinski definition) is 0. The minimum absolute atomic E-state index is 0.907. The fourth-order valence-electron chi connectivity index (χ4n) is 1.01. The van der Waals surface area contributed by atoms with Crippen LogP contribution in [-0.2, 0) is 0 Å². The van der Waals surface area contributed by atoms with E-state index in [4.69, 9.17) is 0 Å². The molecule has 0 radical (unpaired) electrons. The zero-order chi connectivity index (χ0) is 6.41. The van der Waals surface area contributed by atoms with Crippen molar-refractivity contribution in [3.05, 3.63) is 6.42 Å². The van der Waals surface area contributed by atoms with E-state index in [-0.39, 0.29) is 0 Å². The van der Waals surface area contributed by atoms with Crippen LogP contribution >= 0.6 is 0 Å². The Labute approximate surface area is 53.3 Å². The minimum atomic E-state index is 0.907. The Morgan fingerprint density at radius 3 is 2.50 bits per heavy atom. The first-order valence-electron chi connectivity index (χ1n) is 3.59. The van der Waals surface area contributed by atoms with Gasteiger partial charge in [0.25, 0.3) is 0 Å². The highest BCUT2D eigenvalue weighted by atomic mass is 14.0. The Morgan fingerprint density at radius 2 is 2.12 bits per heavy atom. The van der Waals surface area contributed by atoms with Gasteiger partial charge in [0, 0.05) is 0 Å². The van der Waals surface area contributed by atoms with Crippen molar-refractivity contribution >= 4 is 0 Å². The second-order valence-corrected chi connectivity index (χ2v) is 2.54. The smallest absolute Gasteiger partial charge is 0.0534 e. The maximum absolute atomic E-state index is 2.31. The van der Waals surface area contributed by atoms with Gasteiger partial charge in [0.1, 0.15) is 0 Å². The maximum Gasteiger partial charge on any atom is -0.0534 e. The van der Waals surface area contributed by atoms with Gasteiger partial charge in [-0.05, 0) is 0 Å². The lowest BCUT2D eigenvalue weighted by molar-refractivity contribution is 0.518. The molecule has 8 heavy (non-hydrogen) atoms. The first kappa shape index (κ1) is 8.00. The van der Waals surface area contributed by atoms with Gasteiger partial charge >= 0.3 is 0 Å². The van der Waals surface area contributed by atoms with E-state index in [0.717, 1.165) is 5.92 Å². The van der Waals surface area contributed by atoms with Crippen LogP contribution in [0.5, 0.6) is 0 Å².